The Bertz CT molecular complexity index is 430. The van der Waals surface area contributed by atoms with Crippen LogP contribution in [0.5, 0.6) is 11.5 Å². The second-order valence-electron chi connectivity index (χ2n) is 3.63. The third-order valence-electron chi connectivity index (χ3n) is 2.26. The van der Waals surface area contributed by atoms with E-state index in [0.29, 0.717) is 35.3 Å². The Morgan fingerprint density at radius 1 is 1.22 bits per heavy atom. The predicted molar refractivity (Wildman–Crippen MR) is 73.4 cm³/mol. The molecule has 100 valence electrons. The van der Waals surface area contributed by atoms with E-state index in [9.17, 15) is 4.79 Å². The summed E-state index contributed by atoms with van der Waals surface area (Å²) < 4.78 is 10.8. The third kappa shape index (κ3) is 3.53. The molecule has 0 bridgehead atoms. The molecule has 0 amide bonds. The maximum atomic E-state index is 12.0. The van der Waals surface area contributed by atoms with Crippen LogP contribution in [-0.2, 0) is 0 Å². The van der Waals surface area contributed by atoms with E-state index in [1.165, 1.54) is 0 Å². The molecule has 0 aliphatic rings. The first-order valence-electron chi connectivity index (χ1n) is 5.78. The molecule has 1 rings (SSSR count). The van der Waals surface area contributed by atoms with Crippen molar-refractivity contribution in [2.24, 2.45) is 0 Å². The highest BCUT2D eigenvalue weighted by atomic mass is 35.5. The van der Waals surface area contributed by atoms with Gasteiger partial charge in [0.05, 0.1) is 29.2 Å². The summed E-state index contributed by atoms with van der Waals surface area (Å²) in [6.45, 7) is 6.22. The van der Waals surface area contributed by atoms with E-state index < -0.39 is 5.38 Å². The number of hydrogen-bond donors (Lipinski definition) is 0. The fourth-order valence-corrected chi connectivity index (χ4v) is 1.81. The SMILES string of the molecule is CCOc1cc(C(=O)C(C)Cl)c(OCC)cc1Cl. The second kappa shape index (κ2) is 6.86. The van der Waals surface area contributed by atoms with Crippen LogP contribution in [0.1, 0.15) is 31.1 Å². The fraction of sp³-hybridized carbons (Fsp3) is 0.462. The Balaban J connectivity index is 3.25. The summed E-state index contributed by atoms with van der Waals surface area (Å²) in [5, 5.41) is -0.209. The molecule has 0 spiro atoms. The highest BCUT2D eigenvalue weighted by molar-refractivity contribution is 6.35. The lowest BCUT2D eigenvalue weighted by molar-refractivity contribution is 0.0987. The molecule has 0 radical (unpaired) electrons. The minimum absolute atomic E-state index is 0.210. The number of carbonyl (C=O) groups excluding carboxylic acids is 1. The summed E-state index contributed by atoms with van der Waals surface area (Å²) in [5.74, 6) is 0.685. The van der Waals surface area contributed by atoms with Crippen molar-refractivity contribution in [1.82, 2.24) is 0 Å². The van der Waals surface area contributed by atoms with Crippen LogP contribution in [0.3, 0.4) is 0 Å². The quantitative estimate of drug-likeness (QED) is 0.588. The van der Waals surface area contributed by atoms with Crippen molar-refractivity contribution in [3.05, 3.63) is 22.7 Å². The van der Waals surface area contributed by atoms with Crippen molar-refractivity contribution in [2.75, 3.05) is 13.2 Å². The number of rotatable bonds is 6. The number of alkyl halides is 1. The normalized spacial score (nSPS) is 12.1. The fourth-order valence-electron chi connectivity index (χ4n) is 1.48. The Kier molecular flexibility index (Phi) is 5.76. The highest BCUT2D eigenvalue weighted by Crippen LogP contribution is 2.34. The molecule has 0 aromatic heterocycles. The van der Waals surface area contributed by atoms with Gasteiger partial charge in [-0.1, -0.05) is 11.6 Å². The average molecular weight is 291 g/mol. The van der Waals surface area contributed by atoms with Crippen molar-refractivity contribution in [1.29, 1.82) is 0 Å². The molecule has 0 aliphatic heterocycles. The lowest BCUT2D eigenvalue weighted by atomic mass is 10.1. The second-order valence-corrected chi connectivity index (χ2v) is 4.69. The highest BCUT2D eigenvalue weighted by Gasteiger charge is 2.20. The van der Waals surface area contributed by atoms with Gasteiger partial charge in [0, 0.05) is 6.07 Å². The van der Waals surface area contributed by atoms with Gasteiger partial charge in [0.25, 0.3) is 0 Å². The molecule has 3 nitrogen and oxygen atoms in total. The van der Waals surface area contributed by atoms with Gasteiger partial charge < -0.3 is 9.47 Å². The summed E-state index contributed by atoms with van der Waals surface area (Å²) >= 11 is 11.9. The van der Waals surface area contributed by atoms with Gasteiger partial charge in [-0.3, -0.25) is 4.79 Å². The number of hydrogen-bond acceptors (Lipinski definition) is 3. The molecule has 1 aromatic carbocycles. The number of halogens is 2. The van der Waals surface area contributed by atoms with E-state index in [4.69, 9.17) is 32.7 Å². The summed E-state index contributed by atoms with van der Waals surface area (Å²) in [6.07, 6.45) is 0. The monoisotopic (exact) mass is 290 g/mol. The topological polar surface area (TPSA) is 35.5 Å². The Hall–Kier alpha value is -0.930. The van der Waals surface area contributed by atoms with Crippen LogP contribution >= 0.6 is 23.2 Å². The van der Waals surface area contributed by atoms with Crippen LogP contribution in [0.25, 0.3) is 0 Å². The molecule has 1 aromatic rings. The molecule has 1 atom stereocenters. The largest absolute Gasteiger partial charge is 0.493 e. The van der Waals surface area contributed by atoms with E-state index in [1.54, 1.807) is 19.1 Å². The van der Waals surface area contributed by atoms with Gasteiger partial charge in [0.15, 0.2) is 5.78 Å². The molecular weight excluding hydrogens is 275 g/mol. The predicted octanol–water partition coefficient (Wildman–Crippen LogP) is 3.95. The first-order valence-corrected chi connectivity index (χ1v) is 6.60. The molecule has 5 heteroatoms. The molecule has 1 unspecified atom stereocenters. The van der Waals surface area contributed by atoms with Crippen molar-refractivity contribution in [2.45, 2.75) is 26.1 Å². The zero-order chi connectivity index (χ0) is 13.7. The Morgan fingerprint density at radius 3 is 2.28 bits per heavy atom. The van der Waals surface area contributed by atoms with E-state index >= 15 is 0 Å². The molecule has 18 heavy (non-hydrogen) atoms. The van der Waals surface area contributed by atoms with Crippen LogP contribution in [0.4, 0.5) is 0 Å². The Labute approximate surface area is 117 Å². The van der Waals surface area contributed by atoms with Gasteiger partial charge in [-0.25, -0.2) is 0 Å². The summed E-state index contributed by atoms with van der Waals surface area (Å²) in [6, 6.07) is 3.17. The standard InChI is InChI=1S/C13H16Cl2O3/c1-4-17-11-7-10(15)12(18-5-2)6-9(11)13(16)8(3)14/h6-8H,4-5H2,1-3H3. The molecule has 0 saturated carbocycles. The number of ether oxygens (including phenoxy) is 2. The summed E-state index contributed by atoms with van der Waals surface area (Å²) in [4.78, 5) is 12.0. The minimum Gasteiger partial charge on any atom is -0.493 e. The summed E-state index contributed by atoms with van der Waals surface area (Å²) in [7, 11) is 0. The van der Waals surface area contributed by atoms with E-state index in [-0.39, 0.29) is 5.78 Å². The van der Waals surface area contributed by atoms with Crippen LogP contribution in [-0.4, -0.2) is 24.4 Å². The van der Waals surface area contributed by atoms with Crippen LogP contribution in [0, 0.1) is 0 Å². The molecule has 0 saturated heterocycles. The lowest BCUT2D eigenvalue weighted by Crippen LogP contribution is -2.13. The maximum Gasteiger partial charge on any atom is 0.184 e. The number of Topliss-reactive ketones (excluding diaryl/α,β-unsaturated/α-hetero) is 1. The number of ketones is 1. The van der Waals surface area contributed by atoms with Gasteiger partial charge in [-0.2, -0.15) is 0 Å². The molecular formula is C13H16Cl2O3. The Morgan fingerprint density at radius 2 is 1.78 bits per heavy atom. The van der Waals surface area contributed by atoms with Gasteiger partial charge in [0.2, 0.25) is 0 Å². The van der Waals surface area contributed by atoms with E-state index in [0.717, 1.165) is 0 Å². The van der Waals surface area contributed by atoms with E-state index in [2.05, 4.69) is 0 Å². The molecule has 0 aliphatic carbocycles. The third-order valence-corrected chi connectivity index (χ3v) is 2.75. The van der Waals surface area contributed by atoms with Crippen LogP contribution in [0.15, 0.2) is 12.1 Å². The first kappa shape index (κ1) is 15.1. The maximum absolute atomic E-state index is 12.0. The smallest absolute Gasteiger partial charge is 0.184 e. The van der Waals surface area contributed by atoms with Crippen LogP contribution in [0.2, 0.25) is 5.02 Å². The van der Waals surface area contributed by atoms with Gasteiger partial charge in [0.1, 0.15) is 11.5 Å². The van der Waals surface area contributed by atoms with E-state index in [1.807, 2.05) is 13.8 Å². The van der Waals surface area contributed by atoms with Crippen LogP contribution < -0.4 is 9.47 Å². The molecule has 0 N–H and O–H groups in total. The van der Waals surface area contributed by atoms with Gasteiger partial charge in [-0.15, -0.1) is 11.6 Å². The first-order chi connectivity index (χ1) is 8.51. The zero-order valence-electron chi connectivity index (χ0n) is 10.6. The van der Waals surface area contributed by atoms with Gasteiger partial charge in [-0.05, 0) is 26.8 Å². The van der Waals surface area contributed by atoms with Crippen molar-refractivity contribution in [3.63, 3.8) is 0 Å². The van der Waals surface area contributed by atoms with Crippen molar-refractivity contribution >= 4 is 29.0 Å². The lowest BCUT2D eigenvalue weighted by Gasteiger charge is -2.14. The zero-order valence-corrected chi connectivity index (χ0v) is 12.1. The number of carbonyl (C=O) groups is 1. The molecule has 0 fully saturated rings. The van der Waals surface area contributed by atoms with Crippen molar-refractivity contribution in [3.8, 4) is 11.5 Å². The average Bonchev–Trinajstić information content (AvgIpc) is 2.32. The summed E-state index contributed by atoms with van der Waals surface area (Å²) in [5.41, 5.74) is 0.396. The minimum atomic E-state index is -0.625. The molecule has 0 heterocycles. The van der Waals surface area contributed by atoms with Crippen molar-refractivity contribution < 1.29 is 14.3 Å². The number of benzene rings is 1. The van der Waals surface area contributed by atoms with Gasteiger partial charge >= 0.3 is 0 Å².